The van der Waals surface area contributed by atoms with Gasteiger partial charge in [-0.05, 0) is 42.0 Å². The lowest BCUT2D eigenvalue weighted by Crippen LogP contribution is -2.42. The van der Waals surface area contributed by atoms with Gasteiger partial charge in [-0.25, -0.2) is 13.6 Å². The molecule has 0 bridgehead atoms. The van der Waals surface area contributed by atoms with Crippen LogP contribution in [0.15, 0.2) is 48.5 Å². The fourth-order valence-electron chi connectivity index (χ4n) is 3.99. The van der Waals surface area contributed by atoms with E-state index in [-0.39, 0.29) is 37.3 Å². The van der Waals surface area contributed by atoms with E-state index in [9.17, 15) is 23.5 Å². The van der Waals surface area contributed by atoms with Crippen molar-refractivity contribution in [1.29, 1.82) is 0 Å². The minimum Gasteiger partial charge on any atom is -0.388 e. The van der Waals surface area contributed by atoms with E-state index < -0.39 is 36.3 Å². The number of hydrogen-bond acceptors (Lipinski definition) is 5. The van der Waals surface area contributed by atoms with Gasteiger partial charge in [0.05, 0.1) is 18.6 Å². The second-order valence-electron chi connectivity index (χ2n) is 8.11. The van der Waals surface area contributed by atoms with Gasteiger partial charge in [-0.3, -0.25) is 4.79 Å². The molecule has 176 valence electrons. The number of halogens is 2. The van der Waals surface area contributed by atoms with Crippen molar-refractivity contribution in [3.05, 3.63) is 65.7 Å². The van der Waals surface area contributed by atoms with E-state index in [4.69, 9.17) is 9.47 Å². The van der Waals surface area contributed by atoms with Gasteiger partial charge in [-0.2, -0.15) is 0 Å². The predicted octanol–water partition coefficient (Wildman–Crippen LogP) is 2.08. The molecule has 8 nitrogen and oxygen atoms in total. The van der Waals surface area contributed by atoms with Crippen molar-refractivity contribution in [2.24, 2.45) is 0 Å². The third-order valence-corrected chi connectivity index (χ3v) is 5.66. The number of rotatable bonds is 7. The monoisotopic (exact) mass is 461 g/mol. The number of carbonyl (C=O) groups is 2. The van der Waals surface area contributed by atoms with E-state index in [1.165, 1.54) is 36.4 Å². The van der Waals surface area contributed by atoms with Crippen molar-refractivity contribution in [3.63, 3.8) is 0 Å². The number of benzene rings is 2. The lowest BCUT2D eigenvalue weighted by Gasteiger charge is -2.20. The number of amides is 3. The summed E-state index contributed by atoms with van der Waals surface area (Å²) >= 11 is 0. The zero-order chi connectivity index (χ0) is 23.4. The topological polar surface area (TPSA) is 109 Å². The predicted molar refractivity (Wildman–Crippen MR) is 114 cm³/mol. The van der Waals surface area contributed by atoms with E-state index in [1.807, 2.05) is 0 Å². The van der Waals surface area contributed by atoms with E-state index in [0.29, 0.717) is 12.1 Å². The van der Waals surface area contributed by atoms with Gasteiger partial charge in [-0.15, -0.1) is 0 Å². The number of nitrogens with one attached hydrogen (secondary N) is 3. The van der Waals surface area contributed by atoms with Gasteiger partial charge in [0.25, 0.3) is 0 Å². The normalized spacial score (nSPS) is 26.0. The summed E-state index contributed by atoms with van der Waals surface area (Å²) in [5.74, 6) is -0.954. The fourth-order valence-corrected chi connectivity index (χ4v) is 3.99. The number of ether oxygens (including phenoxy) is 2. The molecule has 2 aliphatic rings. The summed E-state index contributed by atoms with van der Waals surface area (Å²) < 4.78 is 37.5. The Hall–Kier alpha value is -3.08. The van der Waals surface area contributed by atoms with Gasteiger partial charge >= 0.3 is 6.03 Å². The smallest absolute Gasteiger partial charge is 0.319 e. The minimum atomic E-state index is -0.951. The molecule has 2 aromatic carbocycles. The Morgan fingerprint density at radius 1 is 0.970 bits per heavy atom. The van der Waals surface area contributed by atoms with Gasteiger partial charge in [0.15, 0.2) is 0 Å². The van der Waals surface area contributed by atoms with Crippen LogP contribution in [0, 0.1) is 11.6 Å². The summed E-state index contributed by atoms with van der Waals surface area (Å²) in [6.45, 7) is 0.346. The van der Waals surface area contributed by atoms with E-state index in [0.717, 1.165) is 5.56 Å². The lowest BCUT2D eigenvalue weighted by molar-refractivity contribution is -0.124. The number of carbonyl (C=O) groups excluding carboxylic acids is 2. The molecule has 0 aliphatic carbocycles. The van der Waals surface area contributed by atoms with Crippen LogP contribution in [0.25, 0.3) is 0 Å². The highest BCUT2D eigenvalue weighted by Gasteiger charge is 2.50. The molecule has 0 spiro atoms. The largest absolute Gasteiger partial charge is 0.388 e. The number of fused-ring (bicyclic) bond motifs is 1. The first-order valence-electron chi connectivity index (χ1n) is 10.7. The Bertz CT molecular complexity index is 973. The first kappa shape index (κ1) is 23.1. The summed E-state index contributed by atoms with van der Waals surface area (Å²) in [4.78, 5) is 24.2. The lowest BCUT2D eigenvalue weighted by atomic mass is 10.1. The SMILES string of the molecule is O=C(C[C@@H]1C[C@H]2O[C@H](CNC(=O)Nc3ccc(F)cc3)[C@@H](O)[C@H]2O1)NCc1ccc(F)cc1. The second kappa shape index (κ2) is 10.2. The van der Waals surface area contributed by atoms with Gasteiger partial charge in [0.1, 0.15) is 29.9 Å². The van der Waals surface area contributed by atoms with Gasteiger partial charge < -0.3 is 30.5 Å². The molecule has 4 N–H and O–H groups in total. The summed E-state index contributed by atoms with van der Waals surface area (Å²) in [6, 6.07) is 10.7. The van der Waals surface area contributed by atoms with Gasteiger partial charge in [0, 0.05) is 25.2 Å². The molecular weight excluding hydrogens is 436 g/mol. The average Bonchev–Trinajstić information content (AvgIpc) is 3.31. The molecule has 0 unspecified atom stereocenters. The summed E-state index contributed by atoms with van der Waals surface area (Å²) in [7, 11) is 0. The first-order chi connectivity index (χ1) is 15.9. The highest BCUT2D eigenvalue weighted by Crippen LogP contribution is 2.35. The third kappa shape index (κ3) is 6.04. The van der Waals surface area contributed by atoms with Crippen molar-refractivity contribution >= 4 is 17.6 Å². The molecule has 10 heteroatoms. The highest BCUT2D eigenvalue weighted by molar-refractivity contribution is 5.89. The molecule has 0 aromatic heterocycles. The van der Waals surface area contributed by atoms with Crippen LogP contribution >= 0.6 is 0 Å². The van der Waals surface area contributed by atoms with Crippen LogP contribution in [0.1, 0.15) is 18.4 Å². The zero-order valence-electron chi connectivity index (χ0n) is 17.7. The van der Waals surface area contributed by atoms with E-state index >= 15 is 0 Å². The molecule has 4 rings (SSSR count). The molecule has 5 atom stereocenters. The number of aliphatic hydroxyl groups is 1. The molecule has 2 aliphatic heterocycles. The van der Waals surface area contributed by atoms with Crippen LogP contribution in [-0.4, -0.2) is 54.1 Å². The summed E-state index contributed by atoms with van der Waals surface area (Å²) in [5, 5.41) is 18.5. The van der Waals surface area contributed by atoms with Crippen LogP contribution in [0.5, 0.6) is 0 Å². The Morgan fingerprint density at radius 2 is 1.64 bits per heavy atom. The Balaban J connectivity index is 1.17. The Labute approximate surface area is 189 Å². The Kier molecular flexibility index (Phi) is 7.17. The maximum atomic E-state index is 12.9. The highest BCUT2D eigenvalue weighted by atomic mass is 19.1. The quantitative estimate of drug-likeness (QED) is 0.505. The minimum absolute atomic E-state index is 0.0629. The average molecular weight is 461 g/mol. The maximum Gasteiger partial charge on any atom is 0.319 e. The van der Waals surface area contributed by atoms with Crippen molar-refractivity contribution in [1.82, 2.24) is 10.6 Å². The molecule has 0 saturated carbocycles. The number of anilines is 1. The van der Waals surface area contributed by atoms with Crippen LogP contribution < -0.4 is 16.0 Å². The first-order valence-corrected chi connectivity index (χ1v) is 10.7. The Morgan fingerprint density at radius 3 is 2.30 bits per heavy atom. The molecular formula is C23H25F2N3O5. The molecule has 2 saturated heterocycles. The van der Waals surface area contributed by atoms with Crippen molar-refractivity contribution in [3.8, 4) is 0 Å². The standard InChI is InChI=1S/C23H25F2N3O5/c24-14-3-1-13(2-4-14)11-26-20(29)10-17-9-18-22(32-17)21(30)19(33-18)12-27-23(31)28-16-7-5-15(25)6-8-16/h1-8,17-19,21-22,30H,9-12H2,(H,26,29)(H2,27,28,31)/t17-,18+,19+,21+,22-/m0/s1. The van der Waals surface area contributed by atoms with Gasteiger partial charge in [-0.1, -0.05) is 12.1 Å². The van der Waals surface area contributed by atoms with E-state index in [1.54, 1.807) is 12.1 Å². The molecule has 0 radical (unpaired) electrons. The number of urea groups is 1. The molecule has 33 heavy (non-hydrogen) atoms. The molecule has 2 heterocycles. The summed E-state index contributed by atoms with van der Waals surface area (Å²) in [6.07, 6.45) is -2.37. The fraction of sp³-hybridized carbons (Fsp3) is 0.391. The number of aliphatic hydroxyl groups excluding tert-OH is 1. The van der Waals surface area contributed by atoms with E-state index in [2.05, 4.69) is 16.0 Å². The molecule has 2 aromatic rings. The number of hydrogen-bond donors (Lipinski definition) is 4. The van der Waals surface area contributed by atoms with Crippen molar-refractivity contribution < 1.29 is 33.0 Å². The van der Waals surface area contributed by atoms with Gasteiger partial charge in [0.2, 0.25) is 5.91 Å². The summed E-state index contributed by atoms with van der Waals surface area (Å²) in [5.41, 5.74) is 1.22. The van der Waals surface area contributed by atoms with Crippen LogP contribution in [0.2, 0.25) is 0 Å². The van der Waals surface area contributed by atoms with Crippen LogP contribution in [0.4, 0.5) is 19.3 Å². The second-order valence-corrected chi connectivity index (χ2v) is 8.11. The van der Waals surface area contributed by atoms with Crippen molar-refractivity contribution in [2.75, 3.05) is 11.9 Å². The molecule has 3 amide bonds. The van der Waals surface area contributed by atoms with Crippen molar-refractivity contribution in [2.45, 2.75) is 49.9 Å². The zero-order valence-corrected chi connectivity index (χ0v) is 17.7. The van der Waals surface area contributed by atoms with Crippen LogP contribution in [0.3, 0.4) is 0 Å². The van der Waals surface area contributed by atoms with Crippen LogP contribution in [-0.2, 0) is 20.8 Å². The maximum absolute atomic E-state index is 12.9. The third-order valence-electron chi connectivity index (χ3n) is 5.66. The molecule has 2 fully saturated rings.